The molecule has 0 radical (unpaired) electrons. The second-order valence-electron chi connectivity index (χ2n) is 4.85. The van der Waals surface area contributed by atoms with Crippen LogP contribution in [0.4, 0.5) is 0 Å². The van der Waals surface area contributed by atoms with Crippen LogP contribution in [0.15, 0.2) is 76.4 Å². The van der Waals surface area contributed by atoms with Crippen molar-refractivity contribution < 1.29 is 9.59 Å². The van der Waals surface area contributed by atoms with Crippen LogP contribution in [0.25, 0.3) is 0 Å². The van der Waals surface area contributed by atoms with Crippen molar-refractivity contribution in [3.05, 3.63) is 98.8 Å². The topological polar surface area (TPSA) is 91.0 Å². The van der Waals surface area contributed by atoms with Gasteiger partial charge in [0.25, 0.3) is 17.4 Å². The number of rotatable bonds is 2. The summed E-state index contributed by atoms with van der Waals surface area (Å²) in [6, 6.07) is 15.8. The van der Waals surface area contributed by atoms with Crippen molar-refractivity contribution in [3.8, 4) is 0 Å². The van der Waals surface area contributed by atoms with Gasteiger partial charge < -0.3 is 0 Å². The lowest BCUT2D eigenvalue weighted by Gasteiger charge is -2.07. The normalized spacial score (nSPS) is 10.3. The van der Waals surface area contributed by atoms with E-state index in [0.717, 1.165) is 6.20 Å². The average Bonchev–Trinajstić information content (AvgIpc) is 2.63. The molecule has 7 heteroatoms. The fourth-order valence-electron chi connectivity index (χ4n) is 2.14. The number of carbonyl (C=O) groups excluding carboxylic acids is 2. The van der Waals surface area contributed by atoms with Crippen LogP contribution in [0.3, 0.4) is 0 Å². The summed E-state index contributed by atoms with van der Waals surface area (Å²) < 4.78 is 0.890. The minimum Gasteiger partial charge on any atom is -0.268 e. The Morgan fingerprint density at radius 3 is 1.79 bits per heavy atom. The number of benzene rings is 2. The van der Waals surface area contributed by atoms with Crippen molar-refractivity contribution in [1.29, 1.82) is 0 Å². The summed E-state index contributed by atoms with van der Waals surface area (Å²) in [6.07, 6.45) is 0.767. The number of carbonyl (C=O) groups is 2. The summed E-state index contributed by atoms with van der Waals surface area (Å²) in [6.45, 7) is 0. The Balaban J connectivity index is 2.13. The Kier molecular flexibility index (Phi) is 3.98. The zero-order chi connectivity index (χ0) is 17.1. The molecule has 118 valence electrons. The molecule has 0 unspecified atom stereocenters. The van der Waals surface area contributed by atoms with Gasteiger partial charge in [-0.2, -0.15) is 9.67 Å². The van der Waals surface area contributed by atoms with E-state index in [1.807, 2.05) is 0 Å². The Bertz CT molecular complexity index is 1020. The standard InChI is InChI=1S/C17H11N3O4/c21-14-11-18-20(16(23)13-9-5-2-6-10-13)17(24)19(14)15(22)12-7-3-1-4-8-12/h1-11H. The molecule has 3 aromatic rings. The van der Waals surface area contributed by atoms with Gasteiger partial charge in [0.05, 0.1) is 0 Å². The maximum atomic E-state index is 12.4. The Morgan fingerprint density at radius 2 is 1.25 bits per heavy atom. The van der Waals surface area contributed by atoms with Gasteiger partial charge >= 0.3 is 5.69 Å². The summed E-state index contributed by atoms with van der Waals surface area (Å²) in [5.74, 6) is -1.54. The first-order chi connectivity index (χ1) is 11.6. The molecule has 2 aromatic carbocycles. The van der Waals surface area contributed by atoms with Crippen LogP contribution in [-0.2, 0) is 0 Å². The molecule has 0 aliphatic rings. The predicted molar refractivity (Wildman–Crippen MR) is 85.1 cm³/mol. The molecule has 3 rings (SSSR count). The molecule has 0 saturated heterocycles. The Morgan fingerprint density at radius 1 is 0.750 bits per heavy atom. The van der Waals surface area contributed by atoms with Crippen LogP contribution in [-0.4, -0.2) is 26.2 Å². The molecule has 24 heavy (non-hydrogen) atoms. The van der Waals surface area contributed by atoms with E-state index in [2.05, 4.69) is 5.10 Å². The SMILES string of the molecule is O=C(c1ccccc1)n1ncc(=O)n(C(=O)c2ccccc2)c1=O. The number of aromatic nitrogens is 3. The minimum atomic E-state index is -1.11. The number of hydrogen-bond acceptors (Lipinski definition) is 5. The van der Waals surface area contributed by atoms with Crippen LogP contribution in [0, 0.1) is 0 Å². The van der Waals surface area contributed by atoms with Crippen molar-refractivity contribution in [3.63, 3.8) is 0 Å². The maximum absolute atomic E-state index is 12.4. The highest BCUT2D eigenvalue weighted by Gasteiger charge is 2.19. The van der Waals surface area contributed by atoms with Crippen LogP contribution in [0.2, 0.25) is 0 Å². The van der Waals surface area contributed by atoms with E-state index in [-0.39, 0.29) is 11.1 Å². The van der Waals surface area contributed by atoms with E-state index in [0.29, 0.717) is 9.25 Å². The fourth-order valence-corrected chi connectivity index (χ4v) is 2.14. The molecule has 0 fully saturated rings. The van der Waals surface area contributed by atoms with Gasteiger partial charge in [-0.3, -0.25) is 14.4 Å². The molecule has 0 amide bonds. The van der Waals surface area contributed by atoms with Crippen molar-refractivity contribution in [2.45, 2.75) is 0 Å². The minimum absolute atomic E-state index is 0.154. The quantitative estimate of drug-likeness (QED) is 0.696. The highest BCUT2D eigenvalue weighted by atomic mass is 16.2. The third-order valence-electron chi connectivity index (χ3n) is 3.31. The van der Waals surface area contributed by atoms with Gasteiger partial charge in [0.2, 0.25) is 0 Å². The average molecular weight is 321 g/mol. The van der Waals surface area contributed by atoms with Gasteiger partial charge in [-0.25, -0.2) is 4.79 Å². The van der Waals surface area contributed by atoms with E-state index < -0.39 is 23.1 Å². The lowest BCUT2D eigenvalue weighted by molar-refractivity contribution is 0.0916. The second-order valence-corrected chi connectivity index (χ2v) is 4.85. The molecular weight excluding hydrogens is 310 g/mol. The maximum Gasteiger partial charge on any atom is 0.362 e. The molecule has 0 bridgehead atoms. The lowest BCUT2D eigenvalue weighted by Crippen LogP contribution is -2.46. The third-order valence-corrected chi connectivity index (χ3v) is 3.31. The second kappa shape index (κ2) is 6.25. The van der Waals surface area contributed by atoms with Gasteiger partial charge in [0, 0.05) is 11.1 Å². The molecule has 1 aromatic heterocycles. The van der Waals surface area contributed by atoms with Crippen molar-refractivity contribution >= 4 is 11.8 Å². The van der Waals surface area contributed by atoms with Gasteiger partial charge in [0.15, 0.2) is 0 Å². The van der Waals surface area contributed by atoms with E-state index in [4.69, 9.17) is 0 Å². The first-order valence-electron chi connectivity index (χ1n) is 7.00. The molecule has 7 nitrogen and oxygen atoms in total. The number of nitrogens with zero attached hydrogens (tertiary/aromatic N) is 3. The van der Waals surface area contributed by atoms with Crippen LogP contribution < -0.4 is 11.2 Å². The van der Waals surface area contributed by atoms with E-state index in [9.17, 15) is 19.2 Å². The third kappa shape index (κ3) is 2.70. The first kappa shape index (κ1) is 15.3. The monoisotopic (exact) mass is 321 g/mol. The highest BCUT2D eigenvalue weighted by Crippen LogP contribution is 2.01. The van der Waals surface area contributed by atoms with Crippen LogP contribution in [0.1, 0.15) is 20.7 Å². The van der Waals surface area contributed by atoms with Crippen LogP contribution in [0.5, 0.6) is 0 Å². The molecule has 1 heterocycles. The molecule has 0 spiro atoms. The van der Waals surface area contributed by atoms with Gasteiger partial charge in [-0.15, -0.1) is 4.68 Å². The first-order valence-corrected chi connectivity index (χ1v) is 7.00. The van der Waals surface area contributed by atoms with E-state index >= 15 is 0 Å². The highest BCUT2D eigenvalue weighted by molar-refractivity contribution is 5.97. The van der Waals surface area contributed by atoms with E-state index in [1.165, 1.54) is 24.3 Å². The van der Waals surface area contributed by atoms with Crippen molar-refractivity contribution in [2.75, 3.05) is 0 Å². The summed E-state index contributed by atoms with van der Waals surface area (Å²) in [5.41, 5.74) is -1.64. The lowest BCUT2D eigenvalue weighted by atomic mass is 10.2. The van der Waals surface area contributed by atoms with Crippen molar-refractivity contribution in [1.82, 2.24) is 14.3 Å². The van der Waals surface area contributed by atoms with E-state index in [1.54, 1.807) is 36.4 Å². The van der Waals surface area contributed by atoms with Gasteiger partial charge in [-0.1, -0.05) is 36.4 Å². The molecule has 0 aliphatic heterocycles. The van der Waals surface area contributed by atoms with Crippen LogP contribution >= 0.6 is 0 Å². The summed E-state index contributed by atoms with van der Waals surface area (Å²) in [4.78, 5) is 49.1. The largest absolute Gasteiger partial charge is 0.362 e. The molecule has 0 N–H and O–H groups in total. The zero-order valence-corrected chi connectivity index (χ0v) is 12.3. The summed E-state index contributed by atoms with van der Waals surface area (Å²) >= 11 is 0. The summed E-state index contributed by atoms with van der Waals surface area (Å²) in [5, 5.41) is 3.56. The smallest absolute Gasteiger partial charge is 0.268 e. The molecule has 0 aliphatic carbocycles. The van der Waals surface area contributed by atoms with Gasteiger partial charge in [0.1, 0.15) is 6.20 Å². The summed E-state index contributed by atoms with van der Waals surface area (Å²) in [7, 11) is 0. The predicted octanol–water partition coefficient (Wildman–Crippen LogP) is 0.782. The Hall–Kier alpha value is -3.61. The van der Waals surface area contributed by atoms with Crippen molar-refractivity contribution in [2.24, 2.45) is 0 Å². The zero-order valence-electron chi connectivity index (χ0n) is 12.3. The number of hydrogen-bond donors (Lipinski definition) is 0. The Labute approximate surface area is 135 Å². The molecule has 0 saturated carbocycles. The fraction of sp³-hybridized carbons (Fsp3) is 0. The molecular formula is C17H11N3O4. The van der Waals surface area contributed by atoms with Gasteiger partial charge in [-0.05, 0) is 24.3 Å². The molecule has 0 atom stereocenters.